The molecule has 0 saturated carbocycles. The van der Waals surface area contributed by atoms with Crippen LogP contribution in [0, 0.1) is 11.3 Å². The van der Waals surface area contributed by atoms with Crippen LogP contribution < -0.4 is 10.6 Å². The number of amides is 2. The summed E-state index contributed by atoms with van der Waals surface area (Å²) < 4.78 is 5.06. The maximum absolute atomic E-state index is 11.8. The van der Waals surface area contributed by atoms with Gasteiger partial charge in [0.15, 0.2) is 0 Å². The Hall–Kier alpha value is -2.55. The summed E-state index contributed by atoms with van der Waals surface area (Å²) in [6.45, 7) is 1.96. The Kier molecular flexibility index (Phi) is 7.36. The van der Waals surface area contributed by atoms with E-state index in [-0.39, 0.29) is 19.1 Å². The van der Waals surface area contributed by atoms with Gasteiger partial charge in [0.2, 0.25) is 5.91 Å². The van der Waals surface area contributed by atoms with Crippen molar-refractivity contribution in [1.82, 2.24) is 10.6 Å². The number of hydrogen-bond acceptors (Lipinski definition) is 4. The number of ether oxygens (including phenoxy) is 1. The van der Waals surface area contributed by atoms with Crippen LogP contribution in [0.25, 0.3) is 0 Å². The van der Waals surface area contributed by atoms with E-state index in [0.29, 0.717) is 6.42 Å². The molecule has 0 spiro atoms. The van der Waals surface area contributed by atoms with E-state index in [0.717, 1.165) is 12.0 Å². The Balaban J connectivity index is 2.45. The van der Waals surface area contributed by atoms with E-state index >= 15 is 0 Å². The molecule has 0 aromatic heterocycles. The Morgan fingerprint density at radius 1 is 1.33 bits per heavy atom. The molecule has 0 unspecified atom stereocenters. The van der Waals surface area contributed by atoms with Gasteiger partial charge in [-0.15, -0.1) is 0 Å². The van der Waals surface area contributed by atoms with Crippen LogP contribution in [0.5, 0.6) is 0 Å². The maximum Gasteiger partial charge on any atom is 0.408 e. The normalized spacial score (nSPS) is 11.0. The van der Waals surface area contributed by atoms with Gasteiger partial charge in [0, 0.05) is 0 Å². The monoisotopic (exact) mass is 289 g/mol. The standard InChI is InChI=1S/C15H19N3O3/c1-2-6-13(14(19)17-10-9-16)18-15(20)21-11-12-7-4-3-5-8-12/h3-5,7-8,13H,2,6,10-11H2,1H3,(H,17,19)(H,18,20)/t13-/m1/s1. The van der Waals surface area contributed by atoms with Gasteiger partial charge in [-0.3, -0.25) is 4.79 Å². The zero-order valence-corrected chi connectivity index (χ0v) is 12.0. The van der Waals surface area contributed by atoms with E-state index in [1.54, 1.807) is 0 Å². The number of benzene rings is 1. The molecule has 0 aliphatic rings. The summed E-state index contributed by atoms with van der Waals surface area (Å²) in [7, 11) is 0. The Bertz CT molecular complexity index is 497. The number of carbonyl (C=O) groups excluding carboxylic acids is 2. The molecule has 112 valence electrons. The zero-order chi connectivity index (χ0) is 15.5. The van der Waals surface area contributed by atoms with Gasteiger partial charge in [0.05, 0.1) is 6.07 Å². The molecule has 1 atom stereocenters. The summed E-state index contributed by atoms with van der Waals surface area (Å²) in [5.74, 6) is -0.380. The molecule has 2 amide bonds. The van der Waals surface area contributed by atoms with Gasteiger partial charge < -0.3 is 15.4 Å². The fourth-order valence-electron chi connectivity index (χ4n) is 1.71. The first kappa shape index (κ1) is 16.5. The van der Waals surface area contributed by atoms with Crippen molar-refractivity contribution in [1.29, 1.82) is 5.26 Å². The smallest absolute Gasteiger partial charge is 0.408 e. The lowest BCUT2D eigenvalue weighted by atomic mass is 10.1. The van der Waals surface area contributed by atoms with E-state index < -0.39 is 12.1 Å². The largest absolute Gasteiger partial charge is 0.445 e. The van der Waals surface area contributed by atoms with Crippen molar-refractivity contribution in [2.24, 2.45) is 0 Å². The second-order valence-corrected chi connectivity index (χ2v) is 4.42. The van der Waals surface area contributed by atoms with Crippen LogP contribution in [0.3, 0.4) is 0 Å². The van der Waals surface area contributed by atoms with E-state index in [4.69, 9.17) is 10.00 Å². The Morgan fingerprint density at radius 3 is 2.67 bits per heavy atom. The minimum Gasteiger partial charge on any atom is -0.445 e. The average Bonchev–Trinajstić information content (AvgIpc) is 2.51. The summed E-state index contributed by atoms with van der Waals surface area (Å²) in [5, 5.41) is 13.4. The van der Waals surface area contributed by atoms with Crippen LogP contribution in [0.4, 0.5) is 4.79 Å². The molecule has 1 aromatic carbocycles. The van der Waals surface area contributed by atoms with Crippen molar-refractivity contribution in [2.75, 3.05) is 6.54 Å². The lowest BCUT2D eigenvalue weighted by Crippen LogP contribution is -2.46. The predicted molar refractivity (Wildman–Crippen MR) is 77.1 cm³/mol. The molecular weight excluding hydrogens is 270 g/mol. The number of hydrogen-bond donors (Lipinski definition) is 2. The van der Waals surface area contributed by atoms with E-state index in [9.17, 15) is 9.59 Å². The molecule has 2 N–H and O–H groups in total. The van der Waals surface area contributed by atoms with Crippen molar-refractivity contribution >= 4 is 12.0 Å². The van der Waals surface area contributed by atoms with Crippen molar-refractivity contribution < 1.29 is 14.3 Å². The zero-order valence-electron chi connectivity index (χ0n) is 12.0. The molecule has 0 aliphatic carbocycles. The summed E-state index contributed by atoms with van der Waals surface area (Å²) in [4.78, 5) is 23.5. The topological polar surface area (TPSA) is 91.2 Å². The molecule has 6 nitrogen and oxygen atoms in total. The van der Waals surface area contributed by atoms with Crippen LogP contribution in [-0.4, -0.2) is 24.6 Å². The molecule has 0 bridgehead atoms. The van der Waals surface area contributed by atoms with Crippen LogP contribution in [0.1, 0.15) is 25.3 Å². The van der Waals surface area contributed by atoms with Gasteiger partial charge in [0.1, 0.15) is 19.2 Å². The van der Waals surface area contributed by atoms with Crippen LogP contribution >= 0.6 is 0 Å². The summed E-state index contributed by atoms with van der Waals surface area (Å²) in [6.07, 6.45) is 0.561. The van der Waals surface area contributed by atoms with Gasteiger partial charge >= 0.3 is 6.09 Å². The molecule has 21 heavy (non-hydrogen) atoms. The quantitative estimate of drug-likeness (QED) is 0.748. The molecule has 0 fully saturated rings. The second-order valence-electron chi connectivity index (χ2n) is 4.42. The van der Waals surface area contributed by atoms with Gasteiger partial charge in [-0.25, -0.2) is 4.79 Å². The van der Waals surface area contributed by atoms with E-state index in [2.05, 4.69) is 10.6 Å². The molecule has 0 radical (unpaired) electrons. The minimum absolute atomic E-state index is 0.0835. The van der Waals surface area contributed by atoms with E-state index in [1.807, 2.05) is 43.3 Å². The number of alkyl carbamates (subject to hydrolysis) is 1. The molecule has 1 rings (SSSR count). The average molecular weight is 289 g/mol. The number of nitriles is 1. The Labute approximate surface area is 124 Å². The second kappa shape index (κ2) is 9.37. The lowest BCUT2D eigenvalue weighted by Gasteiger charge is -2.16. The van der Waals surface area contributed by atoms with Crippen molar-refractivity contribution in [3.63, 3.8) is 0 Å². The lowest BCUT2D eigenvalue weighted by molar-refractivity contribution is -0.123. The fraction of sp³-hybridized carbons (Fsp3) is 0.400. The third-order valence-electron chi connectivity index (χ3n) is 2.74. The predicted octanol–water partition coefficient (Wildman–Crippen LogP) is 1.72. The van der Waals surface area contributed by atoms with Gasteiger partial charge in [-0.1, -0.05) is 43.7 Å². The van der Waals surface area contributed by atoms with Crippen LogP contribution in [0.15, 0.2) is 30.3 Å². The highest BCUT2D eigenvalue weighted by Crippen LogP contribution is 2.02. The minimum atomic E-state index is -0.688. The first-order valence-corrected chi connectivity index (χ1v) is 6.79. The molecule has 1 aromatic rings. The van der Waals surface area contributed by atoms with Crippen LogP contribution in [0.2, 0.25) is 0 Å². The first-order chi connectivity index (χ1) is 10.2. The van der Waals surface area contributed by atoms with Crippen molar-refractivity contribution in [3.05, 3.63) is 35.9 Å². The SMILES string of the molecule is CCC[C@@H](NC(=O)OCc1ccccc1)C(=O)NCC#N. The number of carbonyl (C=O) groups is 2. The van der Waals surface area contributed by atoms with Crippen molar-refractivity contribution in [2.45, 2.75) is 32.4 Å². The van der Waals surface area contributed by atoms with Crippen molar-refractivity contribution in [3.8, 4) is 6.07 Å². The van der Waals surface area contributed by atoms with Crippen LogP contribution in [-0.2, 0) is 16.1 Å². The summed E-state index contributed by atoms with van der Waals surface area (Å²) >= 11 is 0. The number of nitrogens with zero attached hydrogens (tertiary/aromatic N) is 1. The molecule has 0 aliphatic heterocycles. The molecular formula is C15H19N3O3. The van der Waals surface area contributed by atoms with Gasteiger partial charge in [-0.05, 0) is 12.0 Å². The maximum atomic E-state index is 11.8. The highest BCUT2D eigenvalue weighted by Gasteiger charge is 2.20. The summed E-state index contributed by atoms with van der Waals surface area (Å²) in [6, 6.07) is 10.4. The van der Waals surface area contributed by atoms with Gasteiger partial charge in [-0.2, -0.15) is 5.26 Å². The van der Waals surface area contributed by atoms with Gasteiger partial charge in [0.25, 0.3) is 0 Å². The third-order valence-corrected chi connectivity index (χ3v) is 2.74. The highest BCUT2D eigenvalue weighted by molar-refractivity contribution is 5.85. The fourth-order valence-corrected chi connectivity index (χ4v) is 1.71. The Morgan fingerprint density at radius 2 is 2.05 bits per heavy atom. The first-order valence-electron chi connectivity index (χ1n) is 6.79. The molecule has 6 heteroatoms. The van der Waals surface area contributed by atoms with E-state index in [1.165, 1.54) is 0 Å². The third kappa shape index (κ3) is 6.43. The summed E-state index contributed by atoms with van der Waals surface area (Å²) in [5.41, 5.74) is 0.869. The molecule has 0 saturated heterocycles. The molecule has 0 heterocycles. The number of nitrogens with one attached hydrogen (secondary N) is 2. The highest BCUT2D eigenvalue weighted by atomic mass is 16.5. The number of rotatable bonds is 7.